The van der Waals surface area contributed by atoms with Gasteiger partial charge in [0.1, 0.15) is 0 Å². The third-order valence-corrected chi connectivity index (χ3v) is 2.14. The summed E-state index contributed by atoms with van der Waals surface area (Å²) in [5, 5.41) is 0. The summed E-state index contributed by atoms with van der Waals surface area (Å²) < 4.78 is 0. The summed E-state index contributed by atoms with van der Waals surface area (Å²) in [5.41, 5.74) is 0. The average molecular weight is 145 g/mol. The summed E-state index contributed by atoms with van der Waals surface area (Å²) in [7, 11) is 0. The fourth-order valence-electron chi connectivity index (χ4n) is 0.512. The smallest absolute Gasteiger partial charge is 0.0166 e. The van der Waals surface area contributed by atoms with Gasteiger partial charge in [-0.05, 0) is 18.6 Å². The maximum atomic E-state index is 2.33. The van der Waals surface area contributed by atoms with Crippen molar-refractivity contribution in [3.05, 3.63) is 5.75 Å². The molecule has 0 atom stereocenters. The van der Waals surface area contributed by atoms with Gasteiger partial charge in [0, 0.05) is 5.75 Å². The Morgan fingerprint density at radius 2 is 2.00 bits per heavy atom. The van der Waals surface area contributed by atoms with Crippen LogP contribution in [0.15, 0.2) is 0 Å². The van der Waals surface area contributed by atoms with Crippen LogP contribution >= 0.6 is 11.8 Å². The van der Waals surface area contributed by atoms with E-state index in [2.05, 4.69) is 19.6 Å². The van der Waals surface area contributed by atoms with E-state index in [9.17, 15) is 0 Å². The van der Waals surface area contributed by atoms with Gasteiger partial charge < -0.3 is 0 Å². The van der Waals surface area contributed by atoms with E-state index in [0.29, 0.717) is 0 Å². The molecular formula is C8H17S. The summed E-state index contributed by atoms with van der Waals surface area (Å²) in [5.74, 6) is 3.64. The highest BCUT2D eigenvalue weighted by molar-refractivity contribution is 8.01. The van der Waals surface area contributed by atoms with E-state index >= 15 is 0 Å². The van der Waals surface area contributed by atoms with Crippen molar-refractivity contribution in [3.8, 4) is 0 Å². The van der Waals surface area contributed by atoms with Gasteiger partial charge in [-0.25, -0.2) is 0 Å². The standard InChI is InChI=1S/C8H17S/c1-3-5-7-9-8-6-4-2/h7H,3-6,8H2,1-2H3. The van der Waals surface area contributed by atoms with Crippen molar-refractivity contribution in [3.63, 3.8) is 0 Å². The van der Waals surface area contributed by atoms with E-state index in [1.165, 1.54) is 31.4 Å². The van der Waals surface area contributed by atoms with Crippen LogP contribution in [0.5, 0.6) is 0 Å². The lowest BCUT2D eigenvalue weighted by molar-refractivity contribution is 0.894. The molecule has 0 aromatic carbocycles. The lowest BCUT2D eigenvalue weighted by Crippen LogP contribution is -1.76. The minimum atomic E-state index is 1.27. The molecule has 0 nitrogen and oxygen atoms in total. The van der Waals surface area contributed by atoms with Crippen LogP contribution in [0, 0.1) is 5.75 Å². The Kier molecular flexibility index (Phi) is 8.67. The Balaban J connectivity index is 2.60. The fraction of sp³-hybridized carbons (Fsp3) is 0.875. The van der Waals surface area contributed by atoms with E-state index in [1.807, 2.05) is 11.8 Å². The van der Waals surface area contributed by atoms with Crippen LogP contribution < -0.4 is 0 Å². The van der Waals surface area contributed by atoms with Crippen molar-refractivity contribution in [1.82, 2.24) is 0 Å². The molecule has 0 bridgehead atoms. The highest BCUT2D eigenvalue weighted by atomic mass is 32.2. The number of hydrogen-bond acceptors (Lipinski definition) is 1. The molecule has 0 aliphatic heterocycles. The second-order valence-electron chi connectivity index (χ2n) is 2.18. The van der Waals surface area contributed by atoms with Crippen LogP contribution in [0.1, 0.15) is 39.5 Å². The van der Waals surface area contributed by atoms with E-state index in [1.54, 1.807) is 0 Å². The first-order valence-corrected chi connectivity index (χ1v) is 4.90. The summed E-state index contributed by atoms with van der Waals surface area (Å²) in [6.07, 6.45) is 5.26. The van der Waals surface area contributed by atoms with Crippen molar-refractivity contribution in [2.75, 3.05) is 5.75 Å². The zero-order valence-electron chi connectivity index (χ0n) is 6.52. The first-order chi connectivity index (χ1) is 4.41. The zero-order valence-corrected chi connectivity index (χ0v) is 7.34. The van der Waals surface area contributed by atoms with Crippen LogP contribution in [0.4, 0.5) is 0 Å². The molecule has 1 radical (unpaired) electrons. The van der Waals surface area contributed by atoms with Crippen LogP contribution in [0.2, 0.25) is 0 Å². The normalized spacial score (nSPS) is 10.0. The lowest BCUT2D eigenvalue weighted by atomic mass is 10.4. The Hall–Kier alpha value is 0.350. The second kappa shape index (κ2) is 8.35. The molecule has 0 spiro atoms. The van der Waals surface area contributed by atoms with Gasteiger partial charge in [0.05, 0.1) is 0 Å². The maximum Gasteiger partial charge on any atom is 0.0166 e. The van der Waals surface area contributed by atoms with Gasteiger partial charge >= 0.3 is 0 Å². The fourth-order valence-corrected chi connectivity index (χ4v) is 1.54. The van der Waals surface area contributed by atoms with Crippen molar-refractivity contribution >= 4 is 11.8 Å². The molecule has 0 aromatic rings. The van der Waals surface area contributed by atoms with Crippen molar-refractivity contribution < 1.29 is 0 Å². The summed E-state index contributed by atoms with van der Waals surface area (Å²) >= 11 is 1.98. The van der Waals surface area contributed by atoms with E-state index < -0.39 is 0 Å². The molecule has 0 aliphatic rings. The summed E-state index contributed by atoms with van der Waals surface area (Å²) in [4.78, 5) is 0. The Morgan fingerprint density at radius 3 is 2.56 bits per heavy atom. The zero-order chi connectivity index (χ0) is 6.95. The largest absolute Gasteiger partial charge is 0.157 e. The van der Waals surface area contributed by atoms with Gasteiger partial charge in [-0.3, -0.25) is 0 Å². The maximum absolute atomic E-state index is 2.33. The van der Waals surface area contributed by atoms with Crippen molar-refractivity contribution in [1.29, 1.82) is 0 Å². The van der Waals surface area contributed by atoms with Crippen LogP contribution in [0.25, 0.3) is 0 Å². The third kappa shape index (κ3) is 8.35. The molecule has 0 amide bonds. The topological polar surface area (TPSA) is 0 Å². The van der Waals surface area contributed by atoms with Gasteiger partial charge in [0.2, 0.25) is 0 Å². The molecule has 0 heterocycles. The molecule has 0 aliphatic carbocycles. The predicted molar refractivity (Wildman–Crippen MR) is 46.6 cm³/mol. The van der Waals surface area contributed by atoms with Crippen molar-refractivity contribution in [2.45, 2.75) is 39.5 Å². The molecule has 0 unspecified atom stereocenters. The minimum absolute atomic E-state index is 1.27. The van der Waals surface area contributed by atoms with E-state index in [4.69, 9.17) is 0 Å². The van der Waals surface area contributed by atoms with Gasteiger partial charge in [-0.2, -0.15) is 11.8 Å². The monoisotopic (exact) mass is 145 g/mol. The third-order valence-electron chi connectivity index (χ3n) is 1.14. The van der Waals surface area contributed by atoms with E-state index in [-0.39, 0.29) is 0 Å². The molecule has 0 saturated heterocycles. The Morgan fingerprint density at radius 1 is 1.22 bits per heavy atom. The number of thioether (sulfide) groups is 1. The first kappa shape index (κ1) is 9.35. The highest BCUT2D eigenvalue weighted by Gasteiger charge is 1.86. The Bertz CT molecular complexity index is 37.8. The summed E-state index contributed by atoms with van der Waals surface area (Å²) in [6.45, 7) is 4.46. The van der Waals surface area contributed by atoms with Gasteiger partial charge in [0.15, 0.2) is 0 Å². The van der Waals surface area contributed by atoms with Crippen LogP contribution in [0.3, 0.4) is 0 Å². The predicted octanol–water partition coefficient (Wildman–Crippen LogP) is 3.48. The molecule has 9 heavy (non-hydrogen) atoms. The number of rotatable bonds is 6. The van der Waals surface area contributed by atoms with Crippen LogP contribution in [-0.2, 0) is 0 Å². The van der Waals surface area contributed by atoms with Gasteiger partial charge in [-0.1, -0.05) is 26.7 Å². The Labute approximate surface area is 63.4 Å². The lowest BCUT2D eigenvalue weighted by Gasteiger charge is -1.95. The van der Waals surface area contributed by atoms with Gasteiger partial charge in [-0.15, -0.1) is 0 Å². The molecule has 1 heteroatoms. The summed E-state index contributed by atoms with van der Waals surface area (Å²) in [6, 6.07) is 0. The highest BCUT2D eigenvalue weighted by Crippen LogP contribution is 2.11. The second-order valence-corrected chi connectivity index (χ2v) is 3.25. The molecule has 55 valence electrons. The SMILES string of the molecule is CCC[CH]SCCCC. The average Bonchev–Trinajstić information content (AvgIpc) is 1.89. The van der Waals surface area contributed by atoms with Gasteiger partial charge in [0.25, 0.3) is 0 Å². The molecule has 0 aromatic heterocycles. The quantitative estimate of drug-likeness (QED) is 0.516. The molecular weight excluding hydrogens is 128 g/mol. The molecule has 0 N–H and O–H groups in total. The molecule has 0 rings (SSSR count). The van der Waals surface area contributed by atoms with Crippen LogP contribution in [-0.4, -0.2) is 5.75 Å². The molecule has 0 fully saturated rings. The minimum Gasteiger partial charge on any atom is -0.157 e. The number of hydrogen-bond donors (Lipinski definition) is 0. The first-order valence-electron chi connectivity index (χ1n) is 3.85. The van der Waals surface area contributed by atoms with Crippen molar-refractivity contribution in [2.24, 2.45) is 0 Å². The number of unbranched alkanes of at least 4 members (excludes halogenated alkanes) is 2. The van der Waals surface area contributed by atoms with E-state index in [0.717, 1.165) is 0 Å². The molecule has 0 saturated carbocycles.